The Kier molecular flexibility index (Phi) is 13.3. The lowest BCUT2D eigenvalue weighted by molar-refractivity contribution is -0.157. The third-order valence-corrected chi connectivity index (χ3v) is 4.14. The predicted molar refractivity (Wildman–Crippen MR) is 93.1 cm³/mol. The van der Waals surface area contributed by atoms with E-state index in [1.54, 1.807) is 0 Å². The summed E-state index contributed by atoms with van der Waals surface area (Å²) in [5, 5.41) is 18.4. The molecule has 3 heteroatoms. The number of rotatable bonds is 15. The maximum atomic E-state index is 10.7. The average Bonchev–Trinajstić information content (AvgIpc) is 2.47. The smallest absolute Gasteiger partial charge is 0.335 e. The van der Waals surface area contributed by atoms with Crippen LogP contribution >= 0.6 is 0 Å². The molecule has 0 heterocycles. The van der Waals surface area contributed by atoms with Crippen LogP contribution in [0, 0.1) is 0 Å². The number of carboxylic acids is 1. The van der Waals surface area contributed by atoms with Crippen molar-refractivity contribution in [1.29, 1.82) is 0 Å². The van der Waals surface area contributed by atoms with Gasteiger partial charge in [0.1, 0.15) is 0 Å². The first kappa shape index (κ1) is 21.2. The summed E-state index contributed by atoms with van der Waals surface area (Å²) < 4.78 is 0. The Morgan fingerprint density at radius 2 is 1.32 bits per heavy atom. The quantitative estimate of drug-likeness (QED) is 0.311. The Labute approximate surface area is 136 Å². The standard InChI is InChI=1S/C19H36O3/c1-3-4-5-6-7-8-9-10-11-12-13-14-15-16-17-19(2,22)18(20)21/h10-11,22H,3-9,12-17H2,1-2H3,(H,20,21). The van der Waals surface area contributed by atoms with Gasteiger partial charge < -0.3 is 10.2 Å². The van der Waals surface area contributed by atoms with Crippen LogP contribution in [-0.2, 0) is 4.79 Å². The molecule has 0 saturated heterocycles. The maximum Gasteiger partial charge on any atom is 0.335 e. The van der Waals surface area contributed by atoms with Gasteiger partial charge >= 0.3 is 5.97 Å². The number of carbonyl (C=O) groups is 1. The van der Waals surface area contributed by atoms with Crippen LogP contribution in [-0.4, -0.2) is 21.8 Å². The summed E-state index contributed by atoms with van der Waals surface area (Å²) in [6.45, 7) is 3.62. The number of hydrogen-bond acceptors (Lipinski definition) is 2. The molecule has 0 aliphatic rings. The lowest BCUT2D eigenvalue weighted by Gasteiger charge is -2.17. The fourth-order valence-electron chi connectivity index (χ4n) is 2.47. The van der Waals surface area contributed by atoms with Crippen LogP contribution in [0.4, 0.5) is 0 Å². The monoisotopic (exact) mass is 312 g/mol. The molecule has 0 radical (unpaired) electrons. The molecule has 0 amide bonds. The normalized spacial score (nSPS) is 14.3. The molecule has 22 heavy (non-hydrogen) atoms. The van der Waals surface area contributed by atoms with Crippen LogP contribution < -0.4 is 0 Å². The molecular weight excluding hydrogens is 276 g/mol. The van der Waals surface area contributed by atoms with Crippen molar-refractivity contribution in [3.05, 3.63) is 12.2 Å². The number of allylic oxidation sites excluding steroid dienone is 2. The van der Waals surface area contributed by atoms with E-state index in [1.165, 1.54) is 51.9 Å². The van der Waals surface area contributed by atoms with Crippen molar-refractivity contribution in [3.8, 4) is 0 Å². The Balaban J connectivity index is 3.29. The van der Waals surface area contributed by atoms with E-state index in [4.69, 9.17) is 5.11 Å². The summed E-state index contributed by atoms with van der Waals surface area (Å²) in [6.07, 6.45) is 19.4. The first-order chi connectivity index (χ1) is 10.5. The molecule has 0 aliphatic heterocycles. The molecule has 0 saturated carbocycles. The van der Waals surface area contributed by atoms with Crippen molar-refractivity contribution in [2.75, 3.05) is 0 Å². The van der Waals surface area contributed by atoms with E-state index in [9.17, 15) is 9.90 Å². The molecule has 2 N–H and O–H groups in total. The number of aliphatic carboxylic acids is 1. The number of carboxylic acid groups (broad SMARTS) is 1. The van der Waals surface area contributed by atoms with E-state index < -0.39 is 11.6 Å². The number of aliphatic hydroxyl groups is 1. The predicted octanol–water partition coefficient (Wildman–Crippen LogP) is 5.47. The van der Waals surface area contributed by atoms with Gasteiger partial charge in [-0.25, -0.2) is 4.79 Å². The second-order valence-corrected chi connectivity index (χ2v) is 6.56. The molecule has 0 fully saturated rings. The van der Waals surface area contributed by atoms with Crippen LogP contribution in [0.3, 0.4) is 0 Å². The van der Waals surface area contributed by atoms with Gasteiger partial charge in [-0.3, -0.25) is 0 Å². The lowest BCUT2D eigenvalue weighted by Crippen LogP contribution is -2.34. The molecule has 0 aromatic heterocycles. The molecule has 0 spiro atoms. The molecule has 0 rings (SSSR count). The summed E-state index contributed by atoms with van der Waals surface area (Å²) in [6, 6.07) is 0. The summed E-state index contributed by atoms with van der Waals surface area (Å²) in [7, 11) is 0. The Morgan fingerprint density at radius 3 is 1.82 bits per heavy atom. The van der Waals surface area contributed by atoms with Crippen molar-refractivity contribution >= 4 is 5.97 Å². The highest BCUT2D eigenvalue weighted by atomic mass is 16.4. The minimum atomic E-state index is -1.56. The highest BCUT2D eigenvalue weighted by Crippen LogP contribution is 2.16. The van der Waals surface area contributed by atoms with Crippen molar-refractivity contribution < 1.29 is 15.0 Å². The second-order valence-electron chi connectivity index (χ2n) is 6.56. The summed E-state index contributed by atoms with van der Waals surface area (Å²) in [4.78, 5) is 10.7. The first-order valence-electron chi connectivity index (χ1n) is 9.11. The third-order valence-electron chi connectivity index (χ3n) is 4.14. The summed E-state index contributed by atoms with van der Waals surface area (Å²) in [5.74, 6) is -1.12. The maximum absolute atomic E-state index is 10.7. The minimum Gasteiger partial charge on any atom is -0.479 e. The van der Waals surface area contributed by atoms with Gasteiger partial charge in [-0.05, 0) is 45.4 Å². The SMILES string of the molecule is CCCCCCCCC=CCCCCCCC(C)(O)C(=O)O. The van der Waals surface area contributed by atoms with Crippen molar-refractivity contribution in [1.82, 2.24) is 0 Å². The van der Waals surface area contributed by atoms with Crippen LogP contribution in [0.5, 0.6) is 0 Å². The van der Waals surface area contributed by atoms with E-state index >= 15 is 0 Å². The van der Waals surface area contributed by atoms with E-state index in [-0.39, 0.29) is 0 Å². The highest BCUT2D eigenvalue weighted by Gasteiger charge is 2.28. The van der Waals surface area contributed by atoms with Crippen molar-refractivity contribution in [2.24, 2.45) is 0 Å². The minimum absolute atomic E-state index is 0.343. The van der Waals surface area contributed by atoms with Gasteiger partial charge in [-0.1, -0.05) is 64.0 Å². The zero-order valence-electron chi connectivity index (χ0n) is 14.6. The van der Waals surface area contributed by atoms with Crippen LogP contribution in [0.15, 0.2) is 12.2 Å². The Morgan fingerprint density at radius 1 is 0.864 bits per heavy atom. The average molecular weight is 312 g/mol. The van der Waals surface area contributed by atoms with Gasteiger partial charge in [0.25, 0.3) is 0 Å². The van der Waals surface area contributed by atoms with Gasteiger partial charge in [0.05, 0.1) is 0 Å². The zero-order valence-corrected chi connectivity index (χ0v) is 14.6. The molecule has 3 nitrogen and oxygen atoms in total. The van der Waals surface area contributed by atoms with E-state index in [0.29, 0.717) is 6.42 Å². The molecule has 0 bridgehead atoms. The summed E-state index contributed by atoms with van der Waals surface area (Å²) in [5.41, 5.74) is -1.56. The summed E-state index contributed by atoms with van der Waals surface area (Å²) >= 11 is 0. The van der Waals surface area contributed by atoms with Gasteiger partial charge in [0.15, 0.2) is 5.60 Å². The lowest BCUT2D eigenvalue weighted by atomic mass is 9.98. The van der Waals surface area contributed by atoms with Crippen molar-refractivity contribution in [2.45, 2.75) is 103 Å². The topological polar surface area (TPSA) is 57.5 Å². The fraction of sp³-hybridized carbons (Fsp3) is 0.842. The van der Waals surface area contributed by atoms with E-state index in [0.717, 1.165) is 32.1 Å². The zero-order chi connectivity index (χ0) is 16.7. The Bertz CT molecular complexity index is 295. The van der Waals surface area contributed by atoms with E-state index in [2.05, 4.69) is 19.1 Å². The highest BCUT2D eigenvalue weighted by molar-refractivity contribution is 5.76. The van der Waals surface area contributed by atoms with Crippen LogP contribution in [0.2, 0.25) is 0 Å². The van der Waals surface area contributed by atoms with Crippen LogP contribution in [0.1, 0.15) is 97.3 Å². The molecule has 0 aliphatic carbocycles. The molecule has 0 aromatic rings. The molecule has 1 atom stereocenters. The molecule has 130 valence electrons. The largest absolute Gasteiger partial charge is 0.479 e. The third kappa shape index (κ3) is 12.9. The van der Waals surface area contributed by atoms with Gasteiger partial charge in [0.2, 0.25) is 0 Å². The molecule has 1 unspecified atom stereocenters. The van der Waals surface area contributed by atoms with Gasteiger partial charge in [-0.15, -0.1) is 0 Å². The van der Waals surface area contributed by atoms with Crippen LogP contribution in [0.25, 0.3) is 0 Å². The second kappa shape index (κ2) is 13.8. The number of hydrogen-bond donors (Lipinski definition) is 2. The Hall–Kier alpha value is -0.830. The first-order valence-corrected chi connectivity index (χ1v) is 9.11. The van der Waals surface area contributed by atoms with Gasteiger partial charge in [0, 0.05) is 0 Å². The van der Waals surface area contributed by atoms with Gasteiger partial charge in [-0.2, -0.15) is 0 Å². The fourth-order valence-corrected chi connectivity index (χ4v) is 2.47. The van der Waals surface area contributed by atoms with E-state index in [1.807, 2.05) is 0 Å². The molecular formula is C19H36O3. The van der Waals surface area contributed by atoms with Crippen molar-refractivity contribution in [3.63, 3.8) is 0 Å². The number of unbranched alkanes of at least 4 members (excludes halogenated alkanes) is 10. The molecule has 0 aromatic carbocycles.